The van der Waals surface area contributed by atoms with Gasteiger partial charge in [0.15, 0.2) is 0 Å². The van der Waals surface area contributed by atoms with E-state index in [-0.39, 0.29) is 11.9 Å². The molecule has 0 radical (unpaired) electrons. The molecule has 1 amide bonds. The summed E-state index contributed by atoms with van der Waals surface area (Å²) in [6.07, 6.45) is 1.84. The van der Waals surface area contributed by atoms with Gasteiger partial charge in [-0.2, -0.15) is 0 Å². The van der Waals surface area contributed by atoms with Crippen molar-refractivity contribution < 1.29 is 9.53 Å². The van der Waals surface area contributed by atoms with E-state index < -0.39 is 0 Å². The fraction of sp³-hybridized carbons (Fsp3) is 0.300. The Hall–Kier alpha value is -3.26. The number of ether oxygens (including phenoxy) is 1. The van der Waals surface area contributed by atoms with Crippen LogP contribution in [-0.4, -0.2) is 58.8 Å². The van der Waals surface area contributed by atoms with E-state index in [0.29, 0.717) is 13.0 Å². The van der Waals surface area contributed by atoms with Crippen LogP contribution >= 0.6 is 0 Å². The third kappa shape index (κ3) is 4.92. The van der Waals surface area contributed by atoms with Crippen LogP contribution in [0.2, 0.25) is 0 Å². The Morgan fingerprint density at radius 3 is 2.64 bits per heavy atom. The average molecular weight is 380 g/mol. The van der Waals surface area contributed by atoms with E-state index in [0.717, 1.165) is 22.6 Å². The highest BCUT2D eigenvalue weighted by molar-refractivity contribution is 5.78. The molecule has 1 unspecified atom stereocenters. The molecule has 28 heavy (non-hydrogen) atoms. The Labute approximate surface area is 164 Å². The molecule has 0 saturated carbocycles. The molecule has 0 aliphatic heterocycles. The number of nitrogens with one attached hydrogen (secondary N) is 1. The number of tetrazole rings is 1. The van der Waals surface area contributed by atoms with Crippen molar-refractivity contribution >= 4 is 5.91 Å². The number of carbonyl (C=O) groups excluding carboxylic acids is 1. The van der Waals surface area contributed by atoms with Crippen molar-refractivity contribution in [1.82, 2.24) is 30.4 Å². The fourth-order valence-corrected chi connectivity index (χ4v) is 2.95. The van der Waals surface area contributed by atoms with Gasteiger partial charge in [-0.05, 0) is 59.9 Å². The number of carbonyl (C=O) groups is 1. The maximum atomic E-state index is 12.4. The minimum Gasteiger partial charge on any atom is -0.497 e. The van der Waals surface area contributed by atoms with Crippen LogP contribution in [-0.2, 0) is 11.2 Å². The standard InChI is InChI=1S/C20H24N6O2/c1-25(2)19(16-5-4-6-18(12-16)28-3)13-21-20(27)11-15-7-9-17(10-8-15)26-14-22-23-24-26/h4-10,12,14,19H,11,13H2,1-3H3,(H,21,27). The maximum Gasteiger partial charge on any atom is 0.224 e. The van der Waals surface area contributed by atoms with Gasteiger partial charge in [-0.3, -0.25) is 4.79 Å². The molecule has 8 heteroatoms. The number of aromatic nitrogens is 4. The van der Waals surface area contributed by atoms with E-state index in [9.17, 15) is 4.79 Å². The van der Waals surface area contributed by atoms with E-state index in [2.05, 4.69) is 25.7 Å². The number of hydrogen-bond donors (Lipinski definition) is 1. The third-order valence-electron chi connectivity index (χ3n) is 4.51. The molecule has 8 nitrogen and oxygen atoms in total. The van der Waals surface area contributed by atoms with Crippen LogP contribution in [0.5, 0.6) is 5.75 Å². The Morgan fingerprint density at radius 2 is 2.00 bits per heavy atom. The van der Waals surface area contributed by atoms with Gasteiger partial charge in [-0.15, -0.1) is 5.10 Å². The second kappa shape index (κ2) is 9.09. The molecule has 0 saturated heterocycles. The molecule has 146 valence electrons. The van der Waals surface area contributed by atoms with Crippen LogP contribution < -0.4 is 10.1 Å². The van der Waals surface area contributed by atoms with Crippen LogP contribution in [0.15, 0.2) is 54.9 Å². The maximum absolute atomic E-state index is 12.4. The largest absolute Gasteiger partial charge is 0.497 e. The quantitative estimate of drug-likeness (QED) is 0.639. The fourth-order valence-electron chi connectivity index (χ4n) is 2.95. The number of nitrogens with zero attached hydrogens (tertiary/aromatic N) is 5. The third-order valence-corrected chi connectivity index (χ3v) is 4.51. The van der Waals surface area contributed by atoms with E-state index >= 15 is 0 Å². The topological polar surface area (TPSA) is 85.2 Å². The summed E-state index contributed by atoms with van der Waals surface area (Å²) in [5.74, 6) is 0.781. The highest BCUT2D eigenvalue weighted by Crippen LogP contribution is 2.22. The second-order valence-corrected chi connectivity index (χ2v) is 6.66. The Balaban J connectivity index is 1.58. The SMILES string of the molecule is COc1cccc(C(CNC(=O)Cc2ccc(-n3cnnn3)cc2)N(C)C)c1. The van der Waals surface area contributed by atoms with E-state index in [1.165, 1.54) is 6.33 Å². The molecule has 3 aromatic rings. The first-order valence-electron chi connectivity index (χ1n) is 8.96. The summed E-state index contributed by atoms with van der Waals surface area (Å²) in [7, 11) is 5.64. The minimum atomic E-state index is -0.0232. The summed E-state index contributed by atoms with van der Waals surface area (Å²) >= 11 is 0. The molecule has 0 bridgehead atoms. The molecule has 0 fully saturated rings. The predicted octanol–water partition coefficient (Wildman–Crippen LogP) is 1.63. The van der Waals surface area contributed by atoms with Crippen molar-refractivity contribution in [2.45, 2.75) is 12.5 Å². The van der Waals surface area contributed by atoms with Crippen molar-refractivity contribution in [1.29, 1.82) is 0 Å². The lowest BCUT2D eigenvalue weighted by Gasteiger charge is -2.25. The van der Waals surface area contributed by atoms with Crippen LogP contribution in [0.25, 0.3) is 5.69 Å². The predicted molar refractivity (Wildman–Crippen MR) is 105 cm³/mol. The number of hydrogen-bond acceptors (Lipinski definition) is 6. The van der Waals surface area contributed by atoms with Crippen molar-refractivity contribution in [3.05, 3.63) is 66.0 Å². The Kier molecular flexibility index (Phi) is 6.33. The molecular weight excluding hydrogens is 356 g/mol. The molecule has 0 aliphatic carbocycles. The first kappa shape index (κ1) is 19.5. The average Bonchev–Trinajstić information content (AvgIpc) is 3.23. The first-order valence-corrected chi connectivity index (χ1v) is 8.96. The van der Waals surface area contributed by atoms with Crippen LogP contribution in [0.3, 0.4) is 0 Å². The number of methoxy groups -OCH3 is 1. The lowest BCUT2D eigenvalue weighted by atomic mass is 10.1. The molecule has 0 aliphatic rings. The van der Waals surface area contributed by atoms with E-state index in [4.69, 9.17) is 4.74 Å². The second-order valence-electron chi connectivity index (χ2n) is 6.66. The number of amides is 1. The summed E-state index contributed by atoms with van der Waals surface area (Å²) in [6.45, 7) is 0.516. The summed E-state index contributed by atoms with van der Waals surface area (Å²) < 4.78 is 6.88. The summed E-state index contributed by atoms with van der Waals surface area (Å²) in [5, 5.41) is 14.1. The van der Waals surface area contributed by atoms with Gasteiger partial charge in [-0.25, -0.2) is 4.68 Å². The molecule has 1 atom stereocenters. The molecule has 2 aromatic carbocycles. The van der Waals surface area contributed by atoms with Gasteiger partial charge < -0.3 is 15.0 Å². The summed E-state index contributed by atoms with van der Waals surface area (Å²) in [4.78, 5) is 14.5. The Bertz CT molecular complexity index is 893. The van der Waals surface area contributed by atoms with E-state index in [1.54, 1.807) is 11.8 Å². The number of rotatable bonds is 8. The van der Waals surface area contributed by atoms with Crippen molar-refractivity contribution in [2.75, 3.05) is 27.7 Å². The molecule has 1 heterocycles. The Morgan fingerprint density at radius 1 is 1.21 bits per heavy atom. The minimum absolute atomic E-state index is 0.0232. The molecular formula is C20H24N6O2. The lowest BCUT2D eigenvalue weighted by Crippen LogP contribution is -2.35. The molecule has 1 N–H and O–H groups in total. The van der Waals surface area contributed by atoms with Crippen LogP contribution in [0.1, 0.15) is 17.2 Å². The molecule has 0 spiro atoms. The van der Waals surface area contributed by atoms with Gasteiger partial charge in [-0.1, -0.05) is 24.3 Å². The van der Waals surface area contributed by atoms with Crippen molar-refractivity contribution in [2.24, 2.45) is 0 Å². The highest BCUT2D eigenvalue weighted by atomic mass is 16.5. The molecule has 3 rings (SSSR count). The van der Waals surface area contributed by atoms with Gasteiger partial charge in [0.25, 0.3) is 0 Å². The van der Waals surface area contributed by atoms with Gasteiger partial charge in [0, 0.05) is 6.54 Å². The van der Waals surface area contributed by atoms with E-state index in [1.807, 2.05) is 62.6 Å². The normalized spacial score (nSPS) is 12.0. The van der Waals surface area contributed by atoms with Gasteiger partial charge in [0.1, 0.15) is 12.1 Å². The molecule has 1 aromatic heterocycles. The zero-order valence-corrected chi connectivity index (χ0v) is 16.2. The first-order chi connectivity index (χ1) is 13.6. The van der Waals surface area contributed by atoms with Gasteiger partial charge in [0.05, 0.1) is 25.3 Å². The summed E-state index contributed by atoms with van der Waals surface area (Å²) in [6, 6.07) is 15.5. The van der Waals surface area contributed by atoms with Gasteiger partial charge >= 0.3 is 0 Å². The smallest absolute Gasteiger partial charge is 0.224 e. The van der Waals surface area contributed by atoms with Gasteiger partial charge in [0.2, 0.25) is 5.91 Å². The number of benzene rings is 2. The lowest BCUT2D eigenvalue weighted by molar-refractivity contribution is -0.120. The van der Waals surface area contributed by atoms with Crippen molar-refractivity contribution in [3.63, 3.8) is 0 Å². The highest BCUT2D eigenvalue weighted by Gasteiger charge is 2.16. The monoisotopic (exact) mass is 380 g/mol. The van der Waals surface area contributed by atoms with Crippen LogP contribution in [0.4, 0.5) is 0 Å². The summed E-state index contributed by atoms with van der Waals surface area (Å²) in [5.41, 5.74) is 2.87. The van der Waals surface area contributed by atoms with Crippen molar-refractivity contribution in [3.8, 4) is 11.4 Å². The zero-order valence-electron chi connectivity index (χ0n) is 16.2. The zero-order chi connectivity index (χ0) is 19.9. The number of likely N-dealkylation sites (N-methyl/N-ethyl adjacent to an activating group) is 1. The van der Waals surface area contributed by atoms with Crippen LogP contribution in [0, 0.1) is 0 Å².